The number of imidazole rings is 2. The van der Waals surface area contributed by atoms with Crippen molar-refractivity contribution >= 4 is 35.7 Å². The molecule has 0 spiro atoms. The molecule has 45 heavy (non-hydrogen) atoms. The number of aromatic amines is 2. The number of fused-ring (bicyclic) bond motifs is 5. The summed E-state index contributed by atoms with van der Waals surface area (Å²) >= 11 is 0. The van der Waals surface area contributed by atoms with Crippen LogP contribution in [0.15, 0.2) is 85.2 Å². The molecule has 4 N–H and O–H groups in total. The molecule has 0 radical (unpaired) electrons. The highest BCUT2D eigenvalue weighted by atomic mass is 35.5. The van der Waals surface area contributed by atoms with Crippen LogP contribution in [0.3, 0.4) is 0 Å². The summed E-state index contributed by atoms with van der Waals surface area (Å²) in [6.07, 6.45) is 8.24. The van der Waals surface area contributed by atoms with E-state index in [0.717, 1.165) is 88.2 Å². The van der Waals surface area contributed by atoms with Crippen molar-refractivity contribution in [2.24, 2.45) is 0 Å². The first-order chi connectivity index (χ1) is 21.3. The van der Waals surface area contributed by atoms with E-state index in [1.54, 1.807) is 0 Å². The number of hydrogen-bond acceptors (Lipinski definition) is 5. The Morgan fingerprint density at radius 2 is 1.36 bits per heavy atom. The Hall–Kier alpha value is -4.08. The maximum atomic E-state index is 6.85. The smallest absolute Gasteiger partial charge is 0.203 e. The molecule has 0 amide bonds. The van der Waals surface area contributed by atoms with Gasteiger partial charge in [-0.15, -0.1) is 24.8 Å². The number of halogens is 2. The molecule has 2 fully saturated rings. The van der Waals surface area contributed by atoms with Gasteiger partial charge >= 0.3 is 0 Å². The molecule has 3 aliphatic rings. The molecule has 9 rings (SSSR count). The lowest BCUT2D eigenvalue weighted by Gasteiger charge is -2.30. The second kappa shape index (κ2) is 12.0. The zero-order chi connectivity index (χ0) is 28.3. The Morgan fingerprint density at radius 1 is 0.711 bits per heavy atom. The molecular weight excluding hydrogens is 605 g/mol. The van der Waals surface area contributed by atoms with E-state index < -0.39 is 0 Å². The quantitative estimate of drug-likeness (QED) is 0.155. The van der Waals surface area contributed by atoms with Crippen molar-refractivity contribution in [1.29, 1.82) is 0 Å². The number of nitrogens with one attached hydrogen (secondary N) is 4. The van der Waals surface area contributed by atoms with E-state index in [4.69, 9.17) is 14.7 Å². The summed E-state index contributed by atoms with van der Waals surface area (Å²) in [5, 5.41) is 8.25. The monoisotopic (exact) mass is 639 g/mol. The summed E-state index contributed by atoms with van der Waals surface area (Å²) in [4.78, 5) is 16.5. The minimum absolute atomic E-state index is 0. The van der Waals surface area contributed by atoms with Gasteiger partial charge < -0.3 is 29.9 Å². The average molecular weight is 641 g/mol. The van der Waals surface area contributed by atoms with Crippen LogP contribution >= 0.6 is 24.8 Å². The van der Waals surface area contributed by atoms with Gasteiger partial charge in [0.15, 0.2) is 0 Å². The van der Waals surface area contributed by atoms with Crippen molar-refractivity contribution in [3.8, 4) is 39.5 Å². The first kappa shape index (κ1) is 29.6. The van der Waals surface area contributed by atoms with Crippen molar-refractivity contribution < 1.29 is 4.74 Å². The van der Waals surface area contributed by atoms with E-state index in [1.165, 1.54) is 18.2 Å². The standard InChI is InChI=1S/C35H33N7O.2ClH/c1-2-6-21(7-3-1)35-42-30-13-11-22(28-19-38-33(40-28)26-8-4-14-36-26)16-24(30)17-31(42)25-12-10-23(18-32(25)43-35)29-20-39-34(41-29)27-9-5-15-37-27;;/h1-3,6-7,10-13,16-20,26-27,35-37H,4-5,8-9,14-15H2,(H,38,40)(H,39,41);2*1H. The lowest BCUT2D eigenvalue weighted by molar-refractivity contribution is 0.173. The Bertz CT molecular complexity index is 1950. The molecule has 0 bridgehead atoms. The van der Waals surface area contributed by atoms with Crippen LogP contribution < -0.4 is 15.4 Å². The molecule has 3 unspecified atom stereocenters. The fraction of sp³-hybridized carbons (Fsp3) is 0.257. The number of ether oxygens (including phenoxy) is 1. The first-order valence-corrected chi connectivity index (χ1v) is 15.4. The van der Waals surface area contributed by atoms with Gasteiger partial charge in [0.2, 0.25) is 6.23 Å². The molecule has 3 aliphatic heterocycles. The fourth-order valence-corrected chi connectivity index (χ4v) is 7.03. The largest absolute Gasteiger partial charge is 0.465 e. The summed E-state index contributed by atoms with van der Waals surface area (Å²) in [5.41, 5.74) is 8.74. The third-order valence-corrected chi connectivity index (χ3v) is 9.25. The van der Waals surface area contributed by atoms with Crippen LogP contribution in [0.5, 0.6) is 5.75 Å². The van der Waals surface area contributed by atoms with Gasteiger partial charge in [0.25, 0.3) is 0 Å². The Kier molecular flexibility index (Phi) is 7.91. The second-order valence-electron chi connectivity index (χ2n) is 11.9. The number of H-pyrrole nitrogens is 2. The molecule has 3 atom stereocenters. The third-order valence-electron chi connectivity index (χ3n) is 9.25. The van der Waals surface area contributed by atoms with Gasteiger partial charge in [0.05, 0.1) is 47.1 Å². The number of hydrogen-bond donors (Lipinski definition) is 4. The summed E-state index contributed by atoms with van der Waals surface area (Å²) < 4.78 is 9.18. The minimum Gasteiger partial charge on any atom is -0.465 e. The van der Waals surface area contributed by atoms with Gasteiger partial charge in [-0.25, -0.2) is 9.97 Å². The Balaban J connectivity index is 0.00000163. The maximum Gasteiger partial charge on any atom is 0.203 e. The Labute approximate surface area is 273 Å². The van der Waals surface area contributed by atoms with Crippen LogP contribution in [0, 0.1) is 0 Å². The van der Waals surface area contributed by atoms with E-state index in [9.17, 15) is 0 Å². The molecular formula is C35H35Cl2N7O. The van der Waals surface area contributed by atoms with Crippen LogP contribution in [-0.2, 0) is 0 Å². The molecule has 6 heterocycles. The fourth-order valence-electron chi connectivity index (χ4n) is 7.03. The molecule has 0 saturated carbocycles. The van der Waals surface area contributed by atoms with Gasteiger partial charge in [-0.05, 0) is 69.1 Å². The van der Waals surface area contributed by atoms with Gasteiger partial charge in [-0.2, -0.15) is 0 Å². The van der Waals surface area contributed by atoms with Crippen molar-refractivity contribution in [3.05, 3.63) is 102 Å². The normalized spacial score (nSPS) is 20.2. The lowest BCUT2D eigenvalue weighted by Crippen LogP contribution is -2.22. The van der Waals surface area contributed by atoms with Crippen molar-refractivity contribution in [2.45, 2.75) is 44.0 Å². The van der Waals surface area contributed by atoms with Gasteiger partial charge in [-0.1, -0.05) is 42.5 Å². The highest BCUT2D eigenvalue weighted by Crippen LogP contribution is 2.46. The van der Waals surface area contributed by atoms with Crippen molar-refractivity contribution in [1.82, 2.24) is 35.1 Å². The van der Waals surface area contributed by atoms with Crippen LogP contribution in [0.4, 0.5) is 0 Å². The number of rotatable bonds is 5. The first-order valence-electron chi connectivity index (χ1n) is 15.4. The SMILES string of the molecule is Cl.Cl.c1ccc(C2Oc3cc(-c4cnc(C5CCCN5)[nH]4)ccc3-c3cc4cc(-c5cnc(C6CCCN6)[nH]5)ccc4n32)cc1. The predicted molar refractivity (Wildman–Crippen MR) is 182 cm³/mol. The number of aromatic nitrogens is 5. The highest BCUT2D eigenvalue weighted by Gasteiger charge is 2.30. The van der Waals surface area contributed by atoms with Crippen molar-refractivity contribution in [3.63, 3.8) is 0 Å². The zero-order valence-electron chi connectivity index (χ0n) is 24.6. The summed E-state index contributed by atoms with van der Waals surface area (Å²) in [5.74, 6) is 2.90. The number of benzene rings is 3. The third kappa shape index (κ3) is 5.12. The zero-order valence-corrected chi connectivity index (χ0v) is 26.3. The molecule has 10 heteroatoms. The van der Waals surface area contributed by atoms with E-state index >= 15 is 0 Å². The molecule has 8 nitrogen and oxygen atoms in total. The van der Waals surface area contributed by atoms with Gasteiger partial charge in [0, 0.05) is 27.6 Å². The van der Waals surface area contributed by atoms with E-state index in [-0.39, 0.29) is 31.0 Å². The topological polar surface area (TPSA) is 95.6 Å². The van der Waals surface area contributed by atoms with E-state index in [2.05, 4.69) is 91.9 Å². The molecule has 0 aliphatic carbocycles. The van der Waals surface area contributed by atoms with E-state index in [0.29, 0.717) is 12.1 Å². The summed E-state index contributed by atoms with van der Waals surface area (Å²) in [6.45, 7) is 2.10. The minimum atomic E-state index is -0.283. The summed E-state index contributed by atoms with van der Waals surface area (Å²) in [6, 6.07) is 26.6. The van der Waals surface area contributed by atoms with Gasteiger partial charge in [0.1, 0.15) is 17.4 Å². The van der Waals surface area contributed by atoms with Crippen LogP contribution in [0.2, 0.25) is 0 Å². The van der Waals surface area contributed by atoms with Gasteiger partial charge in [-0.3, -0.25) is 0 Å². The summed E-state index contributed by atoms with van der Waals surface area (Å²) in [7, 11) is 0. The molecule has 3 aromatic heterocycles. The van der Waals surface area contributed by atoms with Crippen LogP contribution in [0.25, 0.3) is 44.7 Å². The van der Waals surface area contributed by atoms with Crippen LogP contribution in [-0.4, -0.2) is 37.6 Å². The lowest BCUT2D eigenvalue weighted by atomic mass is 10.0. The molecule has 2 saturated heterocycles. The molecule has 230 valence electrons. The molecule has 6 aromatic rings. The maximum absolute atomic E-state index is 6.85. The van der Waals surface area contributed by atoms with Crippen LogP contribution in [0.1, 0.15) is 61.2 Å². The molecule has 3 aromatic carbocycles. The highest BCUT2D eigenvalue weighted by molar-refractivity contribution is 5.92. The second-order valence-corrected chi connectivity index (χ2v) is 11.9. The Morgan fingerprint density at radius 3 is 2.00 bits per heavy atom. The van der Waals surface area contributed by atoms with E-state index in [1.807, 2.05) is 18.5 Å². The predicted octanol–water partition coefficient (Wildman–Crippen LogP) is 7.72. The van der Waals surface area contributed by atoms with Crippen molar-refractivity contribution in [2.75, 3.05) is 13.1 Å². The average Bonchev–Trinajstić information content (AvgIpc) is 3.89. The number of nitrogens with zero attached hydrogens (tertiary/aromatic N) is 3.